The number of aromatic nitrogens is 1. The Hall–Kier alpha value is -2.95. The Kier molecular flexibility index (Phi) is 8.70. The maximum Gasteiger partial charge on any atom is 0.241 e. The third-order valence-electron chi connectivity index (χ3n) is 9.15. The molecule has 10 heteroatoms. The lowest BCUT2D eigenvalue weighted by molar-refractivity contribution is -0.133. The van der Waals surface area contributed by atoms with E-state index in [9.17, 15) is 18.4 Å². The Morgan fingerprint density at radius 1 is 1.07 bits per heavy atom. The number of carbonyl (C=O) groups excluding carboxylic acids is 2. The molecular weight excluding hydrogens is 538 g/mol. The van der Waals surface area contributed by atoms with Gasteiger partial charge in [0.2, 0.25) is 11.8 Å². The van der Waals surface area contributed by atoms with Gasteiger partial charge in [0.1, 0.15) is 11.6 Å². The number of piperazine rings is 2. The summed E-state index contributed by atoms with van der Waals surface area (Å²) in [6.07, 6.45) is 2.00. The van der Waals surface area contributed by atoms with E-state index in [4.69, 9.17) is 4.98 Å². The molecule has 2 saturated heterocycles. The molecule has 2 fully saturated rings. The Bertz CT molecular complexity index is 1320. The van der Waals surface area contributed by atoms with Crippen LogP contribution in [0.4, 0.5) is 14.5 Å². The number of pyridine rings is 1. The predicted octanol–water partition coefficient (Wildman–Crippen LogP) is 3.18. The number of hydrogen-bond donors (Lipinski definition) is 1. The Balaban J connectivity index is 1.33. The molecule has 4 atom stereocenters. The van der Waals surface area contributed by atoms with E-state index in [0.717, 1.165) is 42.6 Å². The van der Waals surface area contributed by atoms with Crippen molar-refractivity contribution in [3.63, 3.8) is 0 Å². The minimum absolute atomic E-state index is 0.0235. The van der Waals surface area contributed by atoms with Crippen molar-refractivity contribution < 1.29 is 18.4 Å². The molecule has 3 aliphatic rings. The molecular formula is C32H44F2N6O2. The quantitative estimate of drug-likeness (QED) is 0.565. The lowest BCUT2D eigenvalue weighted by Crippen LogP contribution is -2.65. The number of fused-ring (bicyclic) bond motifs is 1. The zero-order valence-electron chi connectivity index (χ0n) is 25.7. The number of nitrogens with one attached hydrogen (secondary N) is 1. The molecule has 5 rings (SSSR count). The first kappa shape index (κ1) is 30.5. The average Bonchev–Trinajstić information content (AvgIpc) is 3.18. The smallest absolute Gasteiger partial charge is 0.241 e. The second-order valence-electron chi connectivity index (χ2n) is 13.2. The summed E-state index contributed by atoms with van der Waals surface area (Å²) in [5.74, 6) is -1.06. The standard InChI is InChI=1S/C32H44F2N6O2/c1-20-14-38(27(13-35-20)17-39-21(2)15-37(23(4)41)16-22(39)3)18-30(42)40-19-32(5,6)31-29(40)10-24(12-36-31)9-25-7-8-26(33)11-28(25)34/h7-8,10-12,20-22,27,35H,9,13-19H2,1-6H3. The molecule has 2 aromatic rings. The van der Waals surface area contributed by atoms with Crippen molar-refractivity contribution in [2.24, 2.45) is 0 Å². The number of nitrogens with zero attached hydrogens (tertiary/aromatic N) is 5. The third kappa shape index (κ3) is 6.35. The molecule has 0 bridgehead atoms. The van der Waals surface area contributed by atoms with Crippen LogP contribution in [0.15, 0.2) is 30.5 Å². The van der Waals surface area contributed by atoms with Gasteiger partial charge in [0.15, 0.2) is 0 Å². The third-order valence-corrected chi connectivity index (χ3v) is 9.15. The predicted molar refractivity (Wildman–Crippen MR) is 159 cm³/mol. The summed E-state index contributed by atoms with van der Waals surface area (Å²) < 4.78 is 27.8. The van der Waals surface area contributed by atoms with Crippen LogP contribution in [-0.2, 0) is 21.4 Å². The van der Waals surface area contributed by atoms with Gasteiger partial charge in [-0.25, -0.2) is 8.78 Å². The van der Waals surface area contributed by atoms with Gasteiger partial charge < -0.3 is 15.1 Å². The second-order valence-corrected chi connectivity index (χ2v) is 13.2. The summed E-state index contributed by atoms with van der Waals surface area (Å²) >= 11 is 0. The number of halogens is 2. The zero-order chi connectivity index (χ0) is 30.3. The molecule has 0 radical (unpaired) electrons. The average molecular weight is 583 g/mol. The van der Waals surface area contributed by atoms with E-state index in [0.29, 0.717) is 31.7 Å². The van der Waals surface area contributed by atoms with Gasteiger partial charge in [-0.15, -0.1) is 0 Å². The van der Waals surface area contributed by atoms with Gasteiger partial charge in [-0.3, -0.25) is 24.4 Å². The highest BCUT2D eigenvalue weighted by Gasteiger charge is 2.41. The van der Waals surface area contributed by atoms with E-state index in [1.807, 2.05) is 15.9 Å². The molecule has 3 aliphatic heterocycles. The number of benzene rings is 1. The van der Waals surface area contributed by atoms with E-state index >= 15 is 0 Å². The van der Waals surface area contributed by atoms with E-state index in [1.165, 1.54) is 12.1 Å². The van der Waals surface area contributed by atoms with E-state index < -0.39 is 11.6 Å². The Morgan fingerprint density at radius 2 is 1.79 bits per heavy atom. The molecule has 1 aromatic carbocycles. The molecule has 2 amide bonds. The van der Waals surface area contributed by atoms with Crippen molar-refractivity contribution in [1.29, 1.82) is 0 Å². The van der Waals surface area contributed by atoms with Crippen molar-refractivity contribution >= 4 is 17.5 Å². The first-order valence-electron chi connectivity index (χ1n) is 15.0. The van der Waals surface area contributed by atoms with Gasteiger partial charge >= 0.3 is 0 Å². The summed E-state index contributed by atoms with van der Waals surface area (Å²) in [7, 11) is 0. The summed E-state index contributed by atoms with van der Waals surface area (Å²) in [6.45, 7) is 16.9. The van der Waals surface area contributed by atoms with E-state index in [2.05, 4.69) is 49.7 Å². The fraction of sp³-hybridized carbons (Fsp3) is 0.594. The first-order valence-corrected chi connectivity index (χ1v) is 15.0. The van der Waals surface area contributed by atoms with Crippen molar-refractivity contribution in [1.82, 2.24) is 25.0 Å². The topological polar surface area (TPSA) is 72.0 Å². The largest absolute Gasteiger partial charge is 0.340 e. The molecule has 0 saturated carbocycles. The van der Waals surface area contributed by atoms with Gasteiger partial charge in [0.25, 0.3) is 0 Å². The highest BCUT2D eigenvalue weighted by atomic mass is 19.1. The molecule has 42 heavy (non-hydrogen) atoms. The van der Waals surface area contributed by atoms with Crippen LogP contribution in [0.3, 0.4) is 0 Å². The van der Waals surface area contributed by atoms with Crippen LogP contribution in [0.25, 0.3) is 0 Å². The second kappa shape index (κ2) is 12.0. The zero-order valence-corrected chi connectivity index (χ0v) is 25.7. The number of carbonyl (C=O) groups is 2. The number of amides is 2. The molecule has 228 valence electrons. The van der Waals surface area contributed by atoms with E-state index in [-0.39, 0.29) is 47.8 Å². The van der Waals surface area contributed by atoms with Crippen LogP contribution < -0.4 is 10.2 Å². The van der Waals surface area contributed by atoms with Crippen molar-refractivity contribution in [2.75, 3.05) is 50.7 Å². The van der Waals surface area contributed by atoms with Gasteiger partial charge in [-0.05, 0) is 44.0 Å². The van der Waals surface area contributed by atoms with Crippen molar-refractivity contribution in [2.45, 2.75) is 77.5 Å². The fourth-order valence-corrected chi connectivity index (χ4v) is 6.86. The molecule has 8 nitrogen and oxygen atoms in total. The monoisotopic (exact) mass is 582 g/mol. The number of rotatable bonds is 6. The first-order chi connectivity index (χ1) is 19.8. The van der Waals surface area contributed by atoms with Crippen molar-refractivity contribution in [3.8, 4) is 0 Å². The maximum atomic E-state index is 14.4. The molecule has 4 heterocycles. The van der Waals surface area contributed by atoms with Crippen LogP contribution in [-0.4, -0.2) is 101 Å². The lowest BCUT2D eigenvalue weighted by Gasteiger charge is -2.48. The molecule has 0 spiro atoms. The Labute approximate surface area is 248 Å². The van der Waals surface area contributed by atoms with Crippen LogP contribution in [0.5, 0.6) is 0 Å². The van der Waals surface area contributed by atoms with Gasteiger partial charge in [-0.2, -0.15) is 0 Å². The van der Waals surface area contributed by atoms with Gasteiger partial charge in [0.05, 0.1) is 17.9 Å². The molecule has 4 unspecified atom stereocenters. The number of anilines is 1. The fourth-order valence-electron chi connectivity index (χ4n) is 6.86. The highest BCUT2D eigenvalue weighted by Crippen LogP contribution is 2.40. The van der Waals surface area contributed by atoms with Crippen LogP contribution in [0, 0.1) is 11.6 Å². The van der Waals surface area contributed by atoms with Crippen LogP contribution >= 0.6 is 0 Å². The minimum Gasteiger partial charge on any atom is -0.340 e. The normalized spacial score (nSPS) is 26.4. The van der Waals surface area contributed by atoms with Crippen molar-refractivity contribution in [3.05, 3.63) is 58.9 Å². The number of hydrogen-bond acceptors (Lipinski definition) is 6. The lowest BCUT2D eigenvalue weighted by atomic mass is 9.91. The highest BCUT2D eigenvalue weighted by molar-refractivity contribution is 5.97. The van der Waals surface area contributed by atoms with Gasteiger partial charge in [0, 0.05) is 94.5 Å². The Morgan fingerprint density at radius 3 is 2.45 bits per heavy atom. The summed E-state index contributed by atoms with van der Waals surface area (Å²) in [4.78, 5) is 39.3. The maximum absolute atomic E-state index is 14.4. The molecule has 1 aromatic heterocycles. The summed E-state index contributed by atoms with van der Waals surface area (Å²) in [5.41, 5.74) is 2.47. The van der Waals surface area contributed by atoms with Gasteiger partial charge in [-0.1, -0.05) is 19.9 Å². The summed E-state index contributed by atoms with van der Waals surface area (Å²) in [5, 5.41) is 3.60. The van der Waals surface area contributed by atoms with Crippen LogP contribution in [0.1, 0.15) is 58.4 Å². The SMILES string of the molecule is CC(=O)N1CC(C)N(CC2CNC(C)CN2CC(=O)N2CC(C)(C)c3ncc(Cc4ccc(F)cc4F)cc32)C(C)C1. The molecule has 1 N–H and O–H groups in total. The molecule has 0 aliphatic carbocycles. The van der Waals surface area contributed by atoms with Crippen LogP contribution in [0.2, 0.25) is 0 Å². The summed E-state index contributed by atoms with van der Waals surface area (Å²) in [6, 6.07) is 6.43. The minimum atomic E-state index is -0.607. The van der Waals surface area contributed by atoms with E-state index in [1.54, 1.807) is 13.1 Å².